The molecule has 0 bridgehead atoms. The third-order valence-corrected chi connectivity index (χ3v) is 4.68. The summed E-state index contributed by atoms with van der Waals surface area (Å²) in [5.41, 5.74) is 12.7. The van der Waals surface area contributed by atoms with E-state index in [0.717, 1.165) is 12.8 Å². The van der Waals surface area contributed by atoms with E-state index < -0.39 is 12.2 Å². The highest BCUT2D eigenvalue weighted by molar-refractivity contribution is 5.85. The predicted octanol–water partition coefficient (Wildman–Crippen LogP) is 4.89. The van der Waals surface area contributed by atoms with Gasteiger partial charge in [0, 0.05) is 12.1 Å². The Morgan fingerprint density at radius 1 is 0.710 bits per heavy atom. The maximum atomic E-state index is 12.9. The number of rotatable bonds is 8. The molecule has 0 aromatic heterocycles. The summed E-state index contributed by atoms with van der Waals surface area (Å²) in [6.45, 7) is 8.16. The first-order valence-electron chi connectivity index (χ1n) is 10.4. The Morgan fingerprint density at radius 3 is 1.29 bits per heavy atom. The second-order valence-corrected chi connectivity index (χ2v) is 8.59. The molecule has 0 spiro atoms. The zero-order valence-corrected chi connectivity index (χ0v) is 19.5. The lowest BCUT2D eigenvalue weighted by Gasteiger charge is -2.20. The Bertz CT molecular complexity index is 698. The fourth-order valence-corrected chi connectivity index (χ4v) is 3.22. The Kier molecular flexibility index (Phi) is 13.8. The molecule has 0 heterocycles. The van der Waals surface area contributed by atoms with E-state index in [4.69, 9.17) is 11.5 Å². The molecular weight excluding hydrogens is 422 g/mol. The van der Waals surface area contributed by atoms with Crippen molar-refractivity contribution >= 4 is 12.4 Å². The highest BCUT2D eigenvalue weighted by atomic mass is 35.5. The van der Waals surface area contributed by atoms with Crippen LogP contribution in [0.15, 0.2) is 48.5 Å². The van der Waals surface area contributed by atoms with Crippen LogP contribution in [0, 0.1) is 23.5 Å². The second kappa shape index (κ2) is 14.5. The molecule has 2 aromatic rings. The molecule has 0 aliphatic rings. The Morgan fingerprint density at radius 2 is 1.03 bits per heavy atom. The molecule has 0 amide bonds. The molecule has 0 fully saturated rings. The molecular formula is C24H37ClF2N2O2. The van der Waals surface area contributed by atoms with Gasteiger partial charge in [-0.2, -0.15) is 0 Å². The molecule has 2 unspecified atom stereocenters. The average molecular weight is 459 g/mol. The van der Waals surface area contributed by atoms with Gasteiger partial charge >= 0.3 is 0 Å². The van der Waals surface area contributed by atoms with Gasteiger partial charge in [-0.05, 0) is 60.1 Å². The first kappa shape index (κ1) is 29.4. The maximum absolute atomic E-state index is 12.9. The second-order valence-electron chi connectivity index (χ2n) is 8.59. The Labute approximate surface area is 191 Å². The lowest BCUT2D eigenvalue weighted by molar-refractivity contribution is 0.135. The molecule has 0 saturated heterocycles. The van der Waals surface area contributed by atoms with E-state index in [9.17, 15) is 19.0 Å². The lowest BCUT2D eigenvalue weighted by Crippen LogP contribution is -2.29. The third-order valence-electron chi connectivity index (χ3n) is 4.68. The van der Waals surface area contributed by atoms with Crippen molar-refractivity contribution in [1.82, 2.24) is 0 Å². The Balaban J connectivity index is 0.000000562. The van der Waals surface area contributed by atoms with Crippen molar-refractivity contribution in [1.29, 1.82) is 0 Å². The first-order valence-corrected chi connectivity index (χ1v) is 10.4. The van der Waals surface area contributed by atoms with Crippen molar-refractivity contribution in [3.05, 3.63) is 71.3 Å². The highest BCUT2D eigenvalue weighted by Gasteiger charge is 2.19. The van der Waals surface area contributed by atoms with Crippen LogP contribution in [0.25, 0.3) is 0 Å². The van der Waals surface area contributed by atoms with E-state index in [2.05, 4.69) is 0 Å². The number of benzene rings is 2. The van der Waals surface area contributed by atoms with Crippen LogP contribution in [-0.4, -0.2) is 22.3 Å². The molecule has 2 rings (SSSR count). The van der Waals surface area contributed by atoms with Crippen LogP contribution >= 0.6 is 12.4 Å². The molecule has 176 valence electrons. The van der Waals surface area contributed by atoms with Gasteiger partial charge in [-0.25, -0.2) is 8.78 Å². The van der Waals surface area contributed by atoms with Gasteiger partial charge in [0.2, 0.25) is 0 Å². The van der Waals surface area contributed by atoms with E-state index in [1.807, 2.05) is 27.7 Å². The molecule has 0 aliphatic carbocycles. The van der Waals surface area contributed by atoms with E-state index in [1.54, 1.807) is 24.3 Å². The van der Waals surface area contributed by atoms with Gasteiger partial charge in [0.1, 0.15) is 11.6 Å². The van der Waals surface area contributed by atoms with Gasteiger partial charge in [0.25, 0.3) is 0 Å². The molecule has 4 atom stereocenters. The largest absolute Gasteiger partial charge is 0.387 e. The summed E-state index contributed by atoms with van der Waals surface area (Å²) >= 11 is 0. The summed E-state index contributed by atoms with van der Waals surface area (Å²) in [5.74, 6) is 0.151. The zero-order chi connectivity index (χ0) is 22.8. The quantitative estimate of drug-likeness (QED) is 0.453. The summed E-state index contributed by atoms with van der Waals surface area (Å²) < 4.78 is 25.8. The van der Waals surface area contributed by atoms with Crippen molar-refractivity contribution in [3.8, 4) is 0 Å². The number of halogens is 3. The number of hydrogen-bond acceptors (Lipinski definition) is 4. The fraction of sp³-hybridized carbons (Fsp3) is 0.500. The number of aliphatic hydroxyl groups is 2. The minimum absolute atomic E-state index is 0. The van der Waals surface area contributed by atoms with Gasteiger partial charge < -0.3 is 21.7 Å². The summed E-state index contributed by atoms with van der Waals surface area (Å²) in [6.07, 6.45) is -0.138. The van der Waals surface area contributed by atoms with Crippen LogP contribution in [0.4, 0.5) is 8.78 Å². The van der Waals surface area contributed by atoms with E-state index in [1.165, 1.54) is 24.3 Å². The van der Waals surface area contributed by atoms with Crippen molar-refractivity contribution in [2.45, 2.75) is 64.8 Å². The Hall–Kier alpha value is -1.57. The smallest absolute Gasteiger partial charge is 0.123 e. The maximum Gasteiger partial charge on any atom is 0.123 e. The third kappa shape index (κ3) is 11.0. The molecule has 0 aliphatic heterocycles. The molecule has 31 heavy (non-hydrogen) atoms. The molecule has 0 saturated carbocycles. The van der Waals surface area contributed by atoms with Gasteiger partial charge in [-0.3, -0.25) is 0 Å². The average Bonchev–Trinajstić information content (AvgIpc) is 2.66. The number of aliphatic hydroxyl groups excluding tert-OH is 2. The van der Waals surface area contributed by atoms with E-state index in [-0.39, 0.29) is 36.1 Å². The van der Waals surface area contributed by atoms with Crippen molar-refractivity contribution < 1.29 is 19.0 Å². The van der Waals surface area contributed by atoms with Crippen molar-refractivity contribution in [2.75, 3.05) is 0 Å². The van der Waals surface area contributed by atoms with Crippen LogP contribution in [-0.2, 0) is 0 Å². The van der Waals surface area contributed by atoms with Crippen LogP contribution in [0.5, 0.6) is 0 Å². The van der Waals surface area contributed by atoms with Gasteiger partial charge in [-0.15, -0.1) is 12.4 Å². The fourth-order valence-electron chi connectivity index (χ4n) is 3.22. The lowest BCUT2D eigenvalue weighted by atomic mass is 9.95. The van der Waals surface area contributed by atoms with Crippen LogP contribution in [0.2, 0.25) is 0 Å². The predicted molar refractivity (Wildman–Crippen MR) is 125 cm³/mol. The highest BCUT2D eigenvalue weighted by Crippen LogP contribution is 2.21. The van der Waals surface area contributed by atoms with Crippen molar-refractivity contribution in [3.63, 3.8) is 0 Å². The molecule has 7 heteroatoms. The van der Waals surface area contributed by atoms with Crippen LogP contribution < -0.4 is 11.5 Å². The normalized spacial score (nSPS) is 14.8. The van der Waals surface area contributed by atoms with Crippen molar-refractivity contribution in [2.24, 2.45) is 23.3 Å². The summed E-state index contributed by atoms with van der Waals surface area (Å²) in [4.78, 5) is 0. The van der Waals surface area contributed by atoms with Crippen LogP contribution in [0.3, 0.4) is 0 Å². The minimum Gasteiger partial charge on any atom is -0.387 e. The van der Waals surface area contributed by atoms with Gasteiger partial charge in [0.05, 0.1) is 12.2 Å². The van der Waals surface area contributed by atoms with Gasteiger partial charge in [0.15, 0.2) is 0 Å². The molecule has 0 radical (unpaired) electrons. The monoisotopic (exact) mass is 458 g/mol. The minimum atomic E-state index is -0.789. The first-order chi connectivity index (χ1) is 14.0. The number of nitrogens with two attached hydrogens (primary N) is 2. The van der Waals surface area contributed by atoms with Crippen LogP contribution in [0.1, 0.15) is 63.9 Å². The van der Waals surface area contributed by atoms with Gasteiger partial charge in [-0.1, -0.05) is 52.0 Å². The summed E-state index contributed by atoms with van der Waals surface area (Å²) in [6, 6.07) is 11.2. The SMILES string of the molecule is CC(C)C[C@H](N)C(O)c1cccc(F)c1.CC(C)C[C@H](N)C(O)c1cccc(F)c1.Cl. The topological polar surface area (TPSA) is 92.5 Å². The standard InChI is InChI=1S/2C12H18FNO.ClH/c2*1-8(2)6-11(14)12(15)9-4-3-5-10(13)7-9;/h2*3-5,7-8,11-12,15H,6,14H2,1-2H3;1H/t2*11-,12?;/m00./s1. The van der Waals surface area contributed by atoms with E-state index in [0.29, 0.717) is 23.0 Å². The number of hydrogen-bond donors (Lipinski definition) is 4. The van der Waals surface area contributed by atoms with E-state index >= 15 is 0 Å². The zero-order valence-electron chi connectivity index (χ0n) is 18.7. The molecule has 4 nitrogen and oxygen atoms in total. The molecule has 2 aromatic carbocycles. The summed E-state index contributed by atoms with van der Waals surface area (Å²) in [5, 5.41) is 19.7. The summed E-state index contributed by atoms with van der Waals surface area (Å²) in [7, 11) is 0. The molecule has 6 N–H and O–H groups in total.